The molecule has 13 aromatic rings. The van der Waals surface area contributed by atoms with E-state index in [0.29, 0.717) is 0 Å². The molecule has 0 amide bonds. The number of nitrogens with zero attached hydrogens (tertiary/aromatic N) is 2. The molecule has 0 saturated carbocycles. The van der Waals surface area contributed by atoms with Crippen molar-refractivity contribution in [2.45, 2.75) is 10.8 Å². The molecule has 2 heteroatoms. The second kappa shape index (κ2) is 17.4. The van der Waals surface area contributed by atoms with Crippen LogP contribution in [0.1, 0.15) is 44.5 Å². The van der Waals surface area contributed by atoms with Crippen molar-refractivity contribution in [3.63, 3.8) is 0 Å². The monoisotopic (exact) mass is 966 g/mol. The molecule has 356 valence electrons. The van der Waals surface area contributed by atoms with Gasteiger partial charge in [0.25, 0.3) is 0 Å². The Bertz CT molecular complexity index is 4230. The van der Waals surface area contributed by atoms with Gasteiger partial charge in [-0.2, -0.15) is 0 Å². The van der Waals surface area contributed by atoms with Gasteiger partial charge in [-0.25, -0.2) is 0 Å². The van der Waals surface area contributed by atoms with Gasteiger partial charge in [-0.3, -0.25) is 0 Å². The zero-order valence-corrected chi connectivity index (χ0v) is 41.8. The van der Waals surface area contributed by atoms with Gasteiger partial charge < -0.3 is 9.47 Å². The minimum atomic E-state index is -0.551. The summed E-state index contributed by atoms with van der Waals surface area (Å²) < 4.78 is 2.38. The summed E-state index contributed by atoms with van der Waals surface area (Å²) in [5.41, 5.74) is 23.3. The predicted molar refractivity (Wildman–Crippen MR) is 316 cm³/mol. The third-order valence-corrected chi connectivity index (χ3v) is 16.5. The lowest BCUT2D eigenvalue weighted by Gasteiger charge is -2.35. The summed E-state index contributed by atoms with van der Waals surface area (Å²) in [6.07, 6.45) is 0. The Balaban J connectivity index is 0.942. The van der Waals surface area contributed by atoms with Crippen molar-refractivity contribution in [2.75, 3.05) is 4.90 Å². The van der Waals surface area contributed by atoms with Crippen LogP contribution in [0.5, 0.6) is 0 Å². The molecule has 0 spiro atoms. The number of rotatable bonds is 9. The van der Waals surface area contributed by atoms with Gasteiger partial charge in [0.05, 0.1) is 21.9 Å². The van der Waals surface area contributed by atoms with Crippen LogP contribution in [0, 0.1) is 0 Å². The maximum atomic E-state index is 2.49. The summed E-state index contributed by atoms with van der Waals surface area (Å²) in [4.78, 5) is 2.48. The van der Waals surface area contributed by atoms with Crippen molar-refractivity contribution >= 4 is 38.9 Å². The molecule has 1 heterocycles. The Morgan fingerprint density at radius 1 is 0.250 bits per heavy atom. The van der Waals surface area contributed by atoms with E-state index in [0.717, 1.165) is 28.3 Å². The van der Waals surface area contributed by atoms with Crippen LogP contribution in [0.4, 0.5) is 17.1 Å². The van der Waals surface area contributed by atoms with Crippen LogP contribution in [-0.2, 0) is 10.8 Å². The van der Waals surface area contributed by atoms with Gasteiger partial charge in [0.2, 0.25) is 0 Å². The first-order valence-corrected chi connectivity index (χ1v) is 26.4. The molecule has 0 bridgehead atoms. The van der Waals surface area contributed by atoms with Crippen LogP contribution in [0.25, 0.3) is 60.9 Å². The van der Waals surface area contributed by atoms with Crippen molar-refractivity contribution in [2.24, 2.45) is 0 Å². The van der Waals surface area contributed by atoms with Gasteiger partial charge in [-0.15, -0.1) is 0 Å². The number of benzene rings is 12. The molecule has 1 aromatic heterocycles. The number of para-hydroxylation sites is 2. The third kappa shape index (κ3) is 6.41. The molecular formula is C74H50N2. The summed E-state index contributed by atoms with van der Waals surface area (Å²) in [6, 6.07) is 113. The molecule has 0 fully saturated rings. The molecule has 0 N–H and O–H groups in total. The molecule has 76 heavy (non-hydrogen) atoms. The highest BCUT2D eigenvalue weighted by molar-refractivity contribution is 6.10. The molecule has 0 unspecified atom stereocenters. The molecule has 12 aromatic carbocycles. The van der Waals surface area contributed by atoms with Crippen molar-refractivity contribution in [1.82, 2.24) is 4.57 Å². The fraction of sp³-hybridized carbons (Fsp3) is 0.0270. The van der Waals surface area contributed by atoms with Crippen molar-refractivity contribution < 1.29 is 0 Å². The smallest absolute Gasteiger partial charge is 0.0714 e. The van der Waals surface area contributed by atoms with E-state index in [2.05, 4.69) is 313 Å². The van der Waals surface area contributed by atoms with Crippen molar-refractivity contribution in [3.05, 3.63) is 348 Å². The third-order valence-electron chi connectivity index (χ3n) is 16.5. The first kappa shape index (κ1) is 43.8. The standard InChI is InChI=1S/C74H50N2/c1-6-22-53(23-7-1)73(54-24-8-2-9-25-54)68-36-20-17-33-62(68)65-49-59(44-46-69(65)73)75(58-41-38-51(39-42-58)52-40-47-72-66(48-52)64-34-18-21-37-71(64)76(72)57-30-14-5-15-31-57)60-43-45-63-61-32-16-19-35-67(61)74(70(63)50-60,55-26-10-3-11-27-55)56-28-12-4-13-29-56/h1-50H. The topological polar surface area (TPSA) is 8.17 Å². The second-order valence-electron chi connectivity index (χ2n) is 20.3. The van der Waals surface area contributed by atoms with Gasteiger partial charge in [0.1, 0.15) is 0 Å². The molecule has 0 aliphatic heterocycles. The average molecular weight is 967 g/mol. The lowest BCUT2D eigenvalue weighted by molar-refractivity contribution is 0.768. The zero-order chi connectivity index (χ0) is 50.2. The Kier molecular flexibility index (Phi) is 10.0. The summed E-state index contributed by atoms with van der Waals surface area (Å²) in [7, 11) is 0. The van der Waals surface area contributed by atoms with E-state index in [4.69, 9.17) is 0 Å². The average Bonchev–Trinajstić information content (AvgIpc) is 4.30. The quantitative estimate of drug-likeness (QED) is 0.140. The van der Waals surface area contributed by atoms with Crippen LogP contribution >= 0.6 is 0 Å². The minimum absolute atomic E-state index is 0.502. The van der Waals surface area contributed by atoms with E-state index >= 15 is 0 Å². The van der Waals surface area contributed by atoms with Crippen LogP contribution in [-0.4, -0.2) is 4.57 Å². The lowest BCUT2D eigenvalue weighted by atomic mass is 9.67. The molecular weight excluding hydrogens is 917 g/mol. The van der Waals surface area contributed by atoms with Gasteiger partial charge in [0, 0.05) is 33.5 Å². The summed E-state index contributed by atoms with van der Waals surface area (Å²) in [6.45, 7) is 0. The van der Waals surface area contributed by atoms with Crippen LogP contribution in [0.15, 0.2) is 303 Å². The molecule has 2 aliphatic rings. The fourth-order valence-corrected chi connectivity index (χ4v) is 13.4. The second-order valence-corrected chi connectivity index (χ2v) is 20.3. The maximum absolute atomic E-state index is 2.49. The summed E-state index contributed by atoms with van der Waals surface area (Å²) in [5.74, 6) is 0. The number of fused-ring (bicyclic) bond motifs is 9. The molecule has 0 radical (unpaired) electrons. The SMILES string of the molecule is c1ccc(-n2c3ccccc3c3cc(-c4ccc(N(c5ccc6c(c5)-c5ccccc5C6(c5ccccc5)c5ccccc5)c5ccc6c(c5)C(c5ccccc5)(c5ccccc5)c5ccccc5-6)cc4)ccc32)cc1. The van der Waals surface area contributed by atoms with E-state index in [-0.39, 0.29) is 0 Å². The van der Waals surface area contributed by atoms with E-state index in [1.54, 1.807) is 0 Å². The normalized spacial score (nSPS) is 13.5. The Labute approximate surface area is 443 Å². The van der Waals surface area contributed by atoms with Crippen LogP contribution in [0.2, 0.25) is 0 Å². The van der Waals surface area contributed by atoms with E-state index in [1.165, 1.54) is 94.1 Å². The van der Waals surface area contributed by atoms with E-state index in [1.807, 2.05) is 0 Å². The lowest BCUT2D eigenvalue weighted by Crippen LogP contribution is -2.28. The highest BCUT2D eigenvalue weighted by Crippen LogP contribution is 2.59. The molecule has 2 aliphatic carbocycles. The minimum Gasteiger partial charge on any atom is -0.310 e. The molecule has 0 atom stereocenters. The van der Waals surface area contributed by atoms with E-state index < -0.39 is 10.8 Å². The number of aromatic nitrogens is 1. The molecule has 15 rings (SSSR count). The Morgan fingerprint density at radius 3 is 1.28 bits per heavy atom. The van der Waals surface area contributed by atoms with Gasteiger partial charge in [-0.05, 0) is 145 Å². The van der Waals surface area contributed by atoms with Crippen molar-refractivity contribution in [3.8, 4) is 39.1 Å². The van der Waals surface area contributed by atoms with Crippen LogP contribution in [0.3, 0.4) is 0 Å². The largest absolute Gasteiger partial charge is 0.310 e. The summed E-state index contributed by atoms with van der Waals surface area (Å²) >= 11 is 0. The Hall–Kier alpha value is -9.76. The van der Waals surface area contributed by atoms with Crippen molar-refractivity contribution in [1.29, 1.82) is 0 Å². The number of anilines is 3. The first-order valence-electron chi connectivity index (χ1n) is 26.4. The summed E-state index contributed by atoms with van der Waals surface area (Å²) in [5, 5.41) is 2.48. The highest BCUT2D eigenvalue weighted by atomic mass is 15.1. The van der Waals surface area contributed by atoms with Gasteiger partial charge in [-0.1, -0.05) is 237 Å². The van der Waals surface area contributed by atoms with Crippen LogP contribution < -0.4 is 4.90 Å². The zero-order valence-electron chi connectivity index (χ0n) is 41.8. The van der Waals surface area contributed by atoms with E-state index in [9.17, 15) is 0 Å². The number of hydrogen-bond donors (Lipinski definition) is 0. The fourth-order valence-electron chi connectivity index (χ4n) is 13.4. The van der Waals surface area contributed by atoms with Gasteiger partial charge >= 0.3 is 0 Å². The number of hydrogen-bond acceptors (Lipinski definition) is 1. The highest BCUT2D eigenvalue weighted by Gasteiger charge is 2.48. The first-order chi connectivity index (χ1) is 37.7. The van der Waals surface area contributed by atoms with Gasteiger partial charge in [0.15, 0.2) is 0 Å². The Morgan fingerprint density at radius 2 is 0.671 bits per heavy atom. The predicted octanol–water partition coefficient (Wildman–Crippen LogP) is 18.6. The molecule has 2 nitrogen and oxygen atoms in total. The maximum Gasteiger partial charge on any atom is 0.0714 e. The molecule has 0 saturated heterocycles.